The summed E-state index contributed by atoms with van der Waals surface area (Å²) in [4.78, 5) is 8.11. The molecule has 0 bridgehead atoms. The van der Waals surface area contributed by atoms with E-state index in [1.165, 1.54) is 12.8 Å². The fourth-order valence-electron chi connectivity index (χ4n) is 1.14. The van der Waals surface area contributed by atoms with Crippen molar-refractivity contribution < 1.29 is 4.74 Å². The van der Waals surface area contributed by atoms with Gasteiger partial charge in [0.1, 0.15) is 5.82 Å². The van der Waals surface area contributed by atoms with Gasteiger partial charge < -0.3 is 10.5 Å². The van der Waals surface area contributed by atoms with Crippen LogP contribution in [0.1, 0.15) is 24.5 Å². The van der Waals surface area contributed by atoms with Gasteiger partial charge in [-0.1, -0.05) is 0 Å². The van der Waals surface area contributed by atoms with Crippen molar-refractivity contribution in [3.63, 3.8) is 0 Å². The summed E-state index contributed by atoms with van der Waals surface area (Å²) in [5.74, 6) is 1.08. The first-order valence-corrected chi connectivity index (χ1v) is 3.98. The van der Waals surface area contributed by atoms with Gasteiger partial charge in [0.25, 0.3) is 0 Å². The van der Waals surface area contributed by atoms with Crippen LogP contribution in [0.3, 0.4) is 0 Å². The molecule has 0 saturated heterocycles. The van der Waals surface area contributed by atoms with Crippen LogP contribution in [-0.4, -0.2) is 17.1 Å². The van der Waals surface area contributed by atoms with Gasteiger partial charge in [-0.2, -0.15) is 9.97 Å². The molecular weight excluding hydrogens is 154 g/mol. The highest BCUT2D eigenvalue weighted by Gasteiger charge is 2.25. The lowest BCUT2D eigenvalue weighted by Gasteiger charge is -2.02. The molecule has 2 N–H and O–H groups in total. The Kier molecular flexibility index (Phi) is 1.60. The fourth-order valence-corrected chi connectivity index (χ4v) is 1.14. The molecule has 1 aliphatic carbocycles. The second kappa shape index (κ2) is 2.62. The zero-order chi connectivity index (χ0) is 8.55. The molecule has 1 aliphatic rings. The van der Waals surface area contributed by atoms with Gasteiger partial charge in [0.2, 0.25) is 0 Å². The minimum Gasteiger partial charge on any atom is -0.467 e. The average molecular weight is 165 g/mol. The molecule has 4 heteroatoms. The molecule has 0 aliphatic heterocycles. The van der Waals surface area contributed by atoms with Crippen LogP contribution < -0.4 is 10.5 Å². The van der Waals surface area contributed by atoms with E-state index >= 15 is 0 Å². The van der Waals surface area contributed by atoms with Crippen LogP contribution in [0.25, 0.3) is 0 Å². The summed E-state index contributed by atoms with van der Waals surface area (Å²) in [5.41, 5.74) is 6.58. The fraction of sp³-hybridized carbons (Fsp3) is 0.500. The largest absolute Gasteiger partial charge is 0.467 e. The number of aromatic nitrogens is 2. The van der Waals surface area contributed by atoms with Gasteiger partial charge in [-0.25, -0.2) is 0 Å². The molecule has 1 heterocycles. The second-order valence-corrected chi connectivity index (χ2v) is 2.98. The van der Waals surface area contributed by atoms with Crippen LogP contribution in [0.5, 0.6) is 6.01 Å². The van der Waals surface area contributed by atoms with E-state index in [-0.39, 0.29) is 0 Å². The Bertz CT molecular complexity index is 296. The van der Waals surface area contributed by atoms with Crippen molar-refractivity contribution in [3.8, 4) is 6.01 Å². The molecule has 1 saturated carbocycles. The smallest absolute Gasteiger partial charge is 0.318 e. The molecule has 4 nitrogen and oxygen atoms in total. The Morgan fingerprint density at radius 1 is 1.50 bits per heavy atom. The van der Waals surface area contributed by atoms with E-state index in [1.54, 1.807) is 7.11 Å². The van der Waals surface area contributed by atoms with Crippen molar-refractivity contribution in [1.82, 2.24) is 9.97 Å². The standard InChI is InChI=1S/C8H11N3O/c1-12-8-10-6(5-2-3-5)4-7(9)11-8/h4-5H,2-3H2,1H3,(H2,9,10,11). The minimum absolute atomic E-state index is 0.372. The number of methoxy groups -OCH3 is 1. The third-order valence-electron chi connectivity index (χ3n) is 1.92. The zero-order valence-corrected chi connectivity index (χ0v) is 6.95. The number of hydrogen-bond donors (Lipinski definition) is 1. The Labute approximate surface area is 70.8 Å². The number of nitrogens with zero attached hydrogens (tertiary/aromatic N) is 2. The van der Waals surface area contributed by atoms with E-state index < -0.39 is 0 Å². The van der Waals surface area contributed by atoms with E-state index in [0.29, 0.717) is 17.7 Å². The quantitative estimate of drug-likeness (QED) is 0.708. The maximum atomic E-state index is 5.57. The molecule has 2 rings (SSSR count). The molecule has 0 amide bonds. The van der Waals surface area contributed by atoms with E-state index in [1.807, 2.05) is 6.07 Å². The lowest BCUT2D eigenvalue weighted by Crippen LogP contribution is -1.99. The monoisotopic (exact) mass is 165 g/mol. The first-order chi connectivity index (χ1) is 5.79. The molecular formula is C8H11N3O. The van der Waals surface area contributed by atoms with Gasteiger partial charge in [-0.3, -0.25) is 0 Å². The van der Waals surface area contributed by atoms with Crippen molar-refractivity contribution in [3.05, 3.63) is 11.8 Å². The zero-order valence-electron chi connectivity index (χ0n) is 6.95. The van der Waals surface area contributed by atoms with Crippen LogP contribution in [0.4, 0.5) is 5.82 Å². The highest BCUT2D eigenvalue weighted by atomic mass is 16.5. The van der Waals surface area contributed by atoms with Gasteiger partial charge in [0, 0.05) is 12.0 Å². The summed E-state index contributed by atoms with van der Waals surface area (Å²) in [6.07, 6.45) is 2.42. The van der Waals surface area contributed by atoms with Gasteiger partial charge in [0.05, 0.1) is 12.8 Å². The summed E-state index contributed by atoms with van der Waals surface area (Å²) in [7, 11) is 1.55. The van der Waals surface area contributed by atoms with Gasteiger partial charge in [-0.05, 0) is 12.8 Å². The minimum atomic E-state index is 0.372. The molecule has 0 spiro atoms. The maximum absolute atomic E-state index is 5.57. The molecule has 0 atom stereocenters. The van der Waals surface area contributed by atoms with Crippen LogP contribution >= 0.6 is 0 Å². The topological polar surface area (TPSA) is 61.0 Å². The first kappa shape index (κ1) is 7.34. The third kappa shape index (κ3) is 1.32. The normalized spacial score (nSPS) is 16.1. The second-order valence-electron chi connectivity index (χ2n) is 2.98. The summed E-state index contributed by atoms with van der Waals surface area (Å²) >= 11 is 0. The summed E-state index contributed by atoms with van der Waals surface area (Å²) in [6.45, 7) is 0. The molecule has 1 fully saturated rings. The summed E-state index contributed by atoms with van der Waals surface area (Å²) in [5, 5.41) is 0. The van der Waals surface area contributed by atoms with Crippen LogP contribution in [0, 0.1) is 0 Å². The van der Waals surface area contributed by atoms with Gasteiger partial charge in [0.15, 0.2) is 0 Å². The maximum Gasteiger partial charge on any atom is 0.318 e. The lowest BCUT2D eigenvalue weighted by atomic mass is 10.3. The Balaban J connectivity index is 2.34. The van der Waals surface area contributed by atoms with Crippen molar-refractivity contribution in [2.75, 3.05) is 12.8 Å². The van der Waals surface area contributed by atoms with E-state index in [2.05, 4.69) is 9.97 Å². The SMILES string of the molecule is COc1nc(N)cc(C2CC2)n1. The predicted molar refractivity (Wildman–Crippen MR) is 45.0 cm³/mol. The van der Waals surface area contributed by atoms with Crippen molar-refractivity contribution in [2.24, 2.45) is 0 Å². The average Bonchev–Trinajstić information content (AvgIpc) is 2.85. The molecule has 1 aromatic heterocycles. The third-order valence-corrected chi connectivity index (χ3v) is 1.92. The van der Waals surface area contributed by atoms with E-state index in [9.17, 15) is 0 Å². The van der Waals surface area contributed by atoms with Crippen LogP contribution in [0.15, 0.2) is 6.07 Å². The number of nitrogens with two attached hydrogens (primary N) is 1. The number of rotatable bonds is 2. The van der Waals surface area contributed by atoms with Crippen LogP contribution in [0.2, 0.25) is 0 Å². The Morgan fingerprint density at radius 3 is 2.83 bits per heavy atom. The lowest BCUT2D eigenvalue weighted by molar-refractivity contribution is 0.379. The summed E-state index contributed by atoms with van der Waals surface area (Å²) in [6, 6.07) is 2.19. The molecule has 1 aromatic rings. The van der Waals surface area contributed by atoms with Crippen molar-refractivity contribution >= 4 is 5.82 Å². The highest BCUT2D eigenvalue weighted by molar-refractivity contribution is 5.34. The number of ether oxygens (including phenoxy) is 1. The molecule has 0 unspecified atom stereocenters. The van der Waals surface area contributed by atoms with E-state index in [4.69, 9.17) is 10.5 Å². The summed E-state index contributed by atoms with van der Waals surface area (Å²) < 4.78 is 4.91. The molecule has 12 heavy (non-hydrogen) atoms. The number of nitrogen functional groups attached to an aromatic ring is 1. The Morgan fingerprint density at radius 2 is 2.25 bits per heavy atom. The highest BCUT2D eigenvalue weighted by Crippen LogP contribution is 2.39. The van der Waals surface area contributed by atoms with Gasteiger partial charge >= 0.3 is 6.01 Å². The first-order valence-electron chi connectivity index (χ1n) is 3.98. The van der Waals surface area contributed by atoms with Crippen molar-refractivity contribution in [2.45, 2.75) is 18.8 Å². The predicted octanol–water partition coefficient (Wildman–Crippen LogP) is 0.945. The van der Waals surface area contributed by atoms with Gasteiger partial charge in [-0.15, -0.1) is 0 Å². The van der Waals surface area contributed by atoms with Crippen LogP contribution in [-0.2, 0) is 0 Å². The van der Waals surface area contributed by atoms with Crippen molar-refractivity contribution in [1.29, 1.82) is 0 Å². The van der Waals surface area contributed by atoms with E-state index in [0.717, 1.165) is 5.69 Å². The number of hydrogen-bond acceptors (Lipinski definition) is 4. The Hall–Kier alpha value is -1.32. The molecule has 64 valence electrons. The number of anilines is 1. The molecule has 0 radical (unpaired) electrons. The molecule has 0 aromatic carbocycles.